The molecule has 0 bridgehead atoms. The number of carbonyl (C=O) groups excluding carboxylic acids is 2. The summed E-state index contributed by atoms with van der Waals surface area (Å²) >= 11 is 2.20. The number of anilines is 1. The predicted octanol–water partition coefficient (Wildman–Crippen LogP) is 3.93. The maximum atomic E-state index is 12.6. The van der Waals surface area contributed by atoms with Crippen LogP contribution in [0.3, 0.4) is 0 Å². The van der Waals surface area contributed by atoms with E-state index in [1.54, 1.807) is 18.2 Å². The summed E-state index contributed by atoms with van der Waals surface area (Å²) in [6, 6.07) is 14.6. The van der Waals surface area contributed by atoms with Crippen molar-refractivity contribution >= 4 is 46.2 Å². The summed E-state index contributed by atoms with van der Waals surface area (Å²) in [6.45, 7) is 4.09. The van der Waals surface area contributed by atoms with Gasteiger partial charge in [0.2, 0.25) is 0 Å². The number of ether oxygens (including phenoxy) is 1. The zero-order chi connectivity index (χ0) is 18.7. The van der Waals surface area contributed by atoms with Gasteiger partial charge in [-0.3, -0.25) is 15.0 Å². The van der Waals surface area contributed by atoms with Gasteiger partial charge < -0.3 is 4.74 Å². The molecule has 2 amide bonds. The first-order chi connectivity index (χ1) is 12.5. The fourth-order valence-electron chi connectivity index (χ4n) is 2.49. The van der Waals surface area contributed by atoms with Crippen molar-refractivity contribution < 1.29 is 14.3 Å². The molecule has 1 saturated heterocycles. The van der Waals surface area contributed by atoms with E-state index in [9.17, 15) is 9.59 Å². The molecule has 2 aromatic rings. The van der Waals surface area contributed by atoms with Gasteiger partial charge in [0, 0.05) is 0 Å². The summed E-state index contributed by atoms with van der Waals surface area (Å²) in [4.78, 5) is 24.8. The number of hydrogen-bond donors (Lipinski definition) is 1. The third-order valence-electron chi connectivity index (χ3n) is 4.08. The second kappa shape index (κ2) is 7.90. The molecule has 1 atom stereocenters. The molecular formula is C20H19IN2O3. The lowest BCUT2D eigenvalue weighted by Gasteiger charge is -2.14. The van der Waals surface area contributed by atoms with Gasteiger partial charge in [-0.25, -0.2) is 5.01 Å². The first kappa shape index (κ1) is 18.4. The molecule has 3 rings (SSSR count). The molecule has 6 heteroatoms. The largest absolute Gasteiger partial charge is 0.490 e. The van der Waals surface area contributed by atoms with Crippen LogP contribution in [0.15, 0.2) is 54.1 Å². The number of nitrogens with zero attached hydrogens (tertiary/aromatic N) is 1. The second-order valence-corrected chi connectivity index (χ2v) is 7.16. The maximum Gasteiger partial charge on any atom is 0.282 e. The van der Waals surface area contributed by atoms with Gasteiger partial charge in [-0.05, 0) is 71.8 Å². The van der Waals surface area contributed by atoms with Crippen molar-refractivity contribution in [2.45, 2.75) is 26.4 Å². The molecule has 2 aromatic carbocycles. The number of hydrogen-bond acceptors (Lipinski definition) is 3. The molecule has 1 N–H and O–H groups in total. The molecule has 26 heavy (non-hydrogen) atoms. The van der Waals surface area contributed by atoms with Gasteiger partial charge in [0.1, 0.15) is 11.3 Å². The SMILES string of the molecule is CCC(C)Oc1ccc(C=C2C(=O)NN(c3ccccc3)C2=O)cc1I. The van der Waals surface area contributed by atoms with Gasteiger partial charge in [-0.1, -0.05) is 31.2 Å². The minimum atomic E-state index is -0.409. The van der Waals surface area contributed by atoms with Crippen molar-refractivity contribution in [3.63, 3.8) is 0 Å². The van der Waals surface area contributed by atoms with Crippen molar-refractivity contribution in [2.24, 2.45) is 0 Å². The molecule has 1 aliphatic heterocycles. The van der Waals surface area contributed by atoms with Crippen LogP contribution < -0.4 is 15.2 Å². The number of carbonyl (C=O) groups is 2. The predicted molar refractivity (Wildman–Crippen MR) is 110 cm³/mol. The highest BCUT2D eigenvalue weighted by Gasteiger charge is 2.34. The molecular weight excluding hydrogens is 443 g/mol. The smallest absolute Gasteiger partial charge is 0.282 e. The summed E-state index contributed by atoms with van der Waals surface area (Å²) in [7, 11) is 0. The summed E-state index contributed by atoms with van der Waals surface area (Å²) < 4.78 is 6.79. The first-order valence-electron chi connectivity index (χ1n) is 8.38. The van der Waals surface area contributed by atoms with Gasteiger partial charge in [0.25, 0.3) is 11.8 Å². The van der Waals surface area contributed by atoms with Crippen LogP contribution in [-0.4, -0.2) is 17.9 Å². The minimum absolute atomic E-state index is 0.111. The Bertz CT molecular complexity index is 865. The van der Waals surface area contributed by atoms with Crippen LogP contribution in [0.25, 0.3) is 6.08 Å². The maximum absolute atomic E-state index is 12.6. The summed E-state index contributed by atoms with van der Waals surface area (Å²) in [5, 5.41) is 1.26. The topological polar surface area (TPSA) is 58.6 Å². The van der Waals surface area contributed by atoms with E-state index >= 15 is 0 Å². The molecule has 0 aliphatic carbocycles. The Morgan fingerprint density at radius 1 is 1.19 bits per heavy atom. The van der Waals surface area contributed by atoms with Crippen molar-refractivity contribution in [2.75, 3.05) is 5.01 Å². The van der Waals surface area contributed by atoms with Gasteiger partial charge in [-0.2, -0.15) is 0 Å². The van der Waals surface area contributed by atoms with E-state index in [1.165, 1.54) is 5.01 Å². The number of nitrogens with one attached hydrogen (secondary N) is 1. The van der Waals surface area contributed by atoms with Crippen molar-refractivity contribution in [1.29, 1.82) is 0 Å². The highest BCUT2D eigenvalue weighted by molar-refractivity contribution is 14.1. The van der Waals surface area contributed by atoms with Crippen LogP contribution in [0.4, 0.5) is 5.69 Å². The number of halogens is 1. The van der Waals surface area contributed by atoms with E-state index in [0.717, 1.165) is 21.3 Å². The Labute approximate surface area is 166 Å². The fraction of sp³-hybridized carbons (Fsp3) is 0.200. The van der Waals surface area contributed by atoms with E-state index in [4.69, 9.17) is 4.74 Å². The molecule has 0 spiro atoms. The van der Waals surface area contributed by atoms with Crippen LogP contribution >= 0.6 is 22.6 Å². The third-order valence-corrected chi connectivity index (χ3v) is 4.92. The van der Waals surface area contributed by atoms with E-state index in [0.29, 0.717) is 5.69 Å². The van der Waals surface area contributed by atoms with Gasteiger partial charge in [0.15, 0.2) is 0 Å². The standard InChI is InChI=1S/C20H19IN2O3/c1-3-13(2)26-18-10-9-14(12-17(18)21)11-16-19(24)22-23(20(16)25)15-7-5-4-6-8-15/h4-13H,3H2,1-2H3,(H,22,24). The van der Waals surface area contributed by atoms with Crippen molar-refractivity contribution in [3.8, 4) is 5.75 Å². The number of rotatable bonds is 5. The Morgan fingerprint density at radius 3 is 2.58 bits per heavy atom. The Morgan fingerprint density at radius 2 is 1.92 bits per heavy atom. The average Bonchev–Trinajstić information content (AvgIpc) is 2.92. The fourth-order valence-corrected chi connectivity index (χ4v) is 3.15. The summed E-state index contributed by atoms with van der Waals surface area (Å²) in [6.07, 6.45) is 2.66. The summed E-state index contributed by atoms with van der Waals surface area (Å²) in [5.41, 5.74) is 4.11. The molecule has 134 valence electrons. The van der Waals surface area contributed by atoms with Gasteiger partial charge in [0.05, 0.1) is 15.4 Å². The van der Waals surface area contributed by atoms with Gasteiger partial charge >= 0.3 is 0 Å². The number of hydrazine groups is 1. The molecule has 1 aliphatic rings. The monoisotopic (exact) mass is 462 g/mol. The van der Waals surface area contributed by atoms with E-state index in [-0.39, 0.29) is 17.6 Å². The minimum Gasteiger partial charge on any atom is -0.490 e. The highest BCUT2D eigenvalue weighted by Crippen LogP contribution is 2.26. The van der Waals surface area contributed by atoms with Gasteiger partial charge in [-0.15, -0.1) is 0 Å². The Kier molecular flexibility index (Phi) is 5.61. The lowest BCUT2D eigenvalue weighted by molar-refractivity contribution is -0.117. The highest BCUT2D eigenvalue weighted by atomic mass is 127. The molecule has 1 unspecified atom stereocenters. The number of amides is 2. The number of para-hydroxylation sites is 1. The normalized spacial score (nSPS) is 16.7. The third kappa shape index (κ3) is 3.90. The Balaban J connectivity index is 1.84. The van der Waals surface area contributed by atoms with E-state index in [1.807, 2.05) is 43.3 Å². The van der Waals surface area contributed by atoms with Crippen LogP contribution in [0.2, 0.25) is 0 Å². The Hall–Kier alpha value is -2.35. The van der Waals surface area contributed by atoms with Crippen LogP contribution in [-0.2, 0) is 9.59 Å². The summed E-state index contributed by atoms with van der Waals surface area (Å²) in [5.74, 6) is 0.0279. The van der Waals surface area contributed by atoms with Crippen LogP contribution in [0.5, 0.6) is 5.75 Å². The lowest BCUT2D eigenvalue weighted by atomic mass is 10.1. The molecule has 0 aromatic heterocycles. The molecule has 5 nitrogen and oxygen atoms in total. The molecule has 1 heterocycles. The number of benzene rings is 2. The van der Waals surface area contributed by atoms with E-state index < -0.39 is 5.91 Å². The zero-order valence-electron chi connectivity index (χ0n) is 14.5. The first-order valence-corrected chi connectivity index (χ1v) is 9.46. The lowest BCUT2D eigenvalue weighted by Crippen LogP contribution is -2.35. The van der Waals surface area contributed by atoms with Crippen molar-refractivity contribution in [1.82, 2.24) is 5.43 Å². The molecule has 0 saturated carbocycles. The van der Waals surface area contributed by atoms with Crippen molar-refractivity contribution in [3.05, 3.63) is 63.2 Å². The average molecular weight is 462 g/mol. The van der Waals surface area contributed by atoms with Crippen LogP contribution in [0.1, 0.15) is 25.8 Å². The molecule has 0 radical (unpaired) electrons. The zero-order valence-corrected chi connectivity index (χ0v) is 16.7. The van der Waals surface area contributed by atoms with Crippen LogP contribution in [0, 0.1) is 3.57 Å². The second-order valence-electron chi connectivity index (χ2n) is 6.00. The molecule has 1 fully saturated rings. The van der Waals surface area contributed by atoms with E-state index in [2.05, 4.69) is 34.9 Å². The quantitative estimate of drug-likeness (QED) is 0.416.